The second-order valence-electron chi connectivity index (χ2n) is 5.80. The van der Waals surface area contributed by atoms with E-state index in [9.17, 15) is 5.11 Å². The van der Waals surface area contributed by atoms with Gasteiger partial charge in [0.05, 0.1) is 12.7 Å². The van der Waals surface area contributed by atoms with Crippen LogP contribution in [0, 0.1) is 5.92 Å². The van der Waals surface area contributed by atoms with Gasteiger partial charge in [0.1, 0.15) is 18.1 Å². The fourth-order valence-electron chi connectivity index (χ4n) is 2.46. The van der Waals surface area contributed by atoms with E-state index >= 15 is 0 Å². The fraction of sp³-hybridized carbons (Fsp3) is 0.647. The predicted molar refractivity (Wildman–Crippen MR) is 84.0 cm³/mol. The average Bonchev–Trinajstić information content (AvgIpc) is 2.50. The van der Waals surface area contributed by atoms with Crippen molar-refractivity contribution in [2.45, 2.75) is 32.8 Å². The van der Waals surface area contributed by atoms with Gasteiger partial charge in [-0.05, 0) is 49.6 Å². The smallest absolute Gasteiger partial charge is 0.119 e. The zero-order valence-electron chi connectivity index (χ0n) is 13.1. The molecule has 1 fully saturated rings. The summed E-state index contributed by atoms with van der Waals surface area (Å²) in [4.78, 5) is 2.27. The maximum atomic E-state index is 9.87. The van der Waals surface area contributed by atoms with Crippen LogP contribution in [-0.2, 0) is 0 Å². The van der Waals surface area contributed by atoms with E-state index in [2.05, 4.69) is 18.7 Å². The third-order valence-electron chi connectivity index (χ3n) is 3.98. The lowest BCUT2D eigenvalue weighted by Crippen LogP contribution is -2.44. The molecule has 1 saturated heterocycles. The maximum absolute atomic E-state index is 9.87. The van der Waals surface area contributed by atoms with E-state index in [4.69, 9.17) is 9.47 Å². The second kappa shape index (κ2) is 8.25. The summed E-state index contributed by atoms with van der Waals surface area (Å²) in [5, 5.41) is 9.87. The van der Waals surface area contributed by atoms with Gasteiger partial charge in [-0.1, -0.05) is 13.8 Å². The number of hydrogen-bond donors (Lipinski definition) is 1. The standard InChI is InChI=1S/C17H27NO3/c1-3-11-20-15-4-6-16(7-5-15)21-12-10-18-9-8-14(2)17(19)13-18/h4-7,14,17,19H,3,8-13H2,1-2H3. The van der Waals surface area contributed by atoms with Crippen LogP contribution in [0.5, 0.6) is 11.5 Å². The van der Waals surface area contributed by atoms with Crippen molar-refractivity contribution in [1.29, 1.82) is 0 Å². The van der Waals surface area contributed by atoms with E-state index < -0.39 is 0 Å². The lowest BCUT2D eigenvalue weighted by molar-refractivity contribution is 0.0244. The van der Waals surface area contributed by atoms with Gasteiger partial charge in [0.2, 0.25) is 0 Å². The van der Waals surface area contributed by atoms with Gasteiger partial charge in [-0.25, -0.2) is 0 Å². The maximum Gasteiger partial charge on any atom is 0.119 e. The summed E-state index contributed by atoms with van der Waals surface area (Å²) in [6, 6.07) is 7.77. The number of rotatable bonds is 7. The molecule has 1 aliphatic heterocycles. The van der Waals surface area contributed by atoms with Gasteiger partial charge in [-0.2, -0.15) is 0 Å². The minimum atomic E-state index is -0.200. The molecule has 0 aliphatic carbocycles. The molecule has 2 rings (SSSR count). The Morgan fingerprint density at radius 1 is 1.14 bits per heavy atom. The number of piperidine rings is 1. The molecule has 0 spiro atoms. The summed E-state index contributed by atoms with van der Waals surface area (Å²) in [5.41, 5.74) is 0. The van der Waals surface area contributed by atoms with Gasteiger partial charge < -0.3 is 14.6 Å². The van der Waals surface area contributed by atoms with Crippen molar-refractivity contribution < 1.29 is 14.6 Å². The number of β-amino-alcohol motifs (C(OH)–C–C–N with tert-alkyl or cyclic N) is 1. The highest BCUT2D eigenvalue weighted by atomic mass is 16.5. The van der Waals surface area contributed by atoms with Crippen LogP contribution in [0.3, 0.4) is 0 Å². The molecule has 1 aromatic carbocycles. The number of nitrogens with zero attached hydrogens (tertiary/aromatic N) is 1. The molecule has 1 N–H and O–H groups in total. The largest absolute Gasteiger partial charge is 0.494 e. The minimum Gasteiger partial charge on any atom is -0.494 e. The fourth-order valence-corrected chi connectivity index (χ4v) is 2.46. The van der Waals surface area contributed by atoms with Crippen molar-refractivity contribution in [1.82, 2.24) is 4.90 Å². The Bertz CT molecular complexity index is 407. The van der Waals surface area contributed by atoms with Crippen LogP contribution in [0.15, 0.2) is 24.3 Å². The topological polar surface area (TPSA) is 41.9 Å². The number of aliphatic hydroxyl groups is 1. The first-order valence-corrected chi connectivity index (χ1v) is 7.95. The summed E-state index contributed by atoms with van der Waals surface area (Å²) in [6.07, 6.45) is 1.87. The van der Waals surface area contributed by atoms with E-state index in [1.54, 1.807) is 0 Å². The highest BCUT2D eigenvalue weighted by Gasteiger charge is 2.23. The molecule has 0 radical (unpaired) electrons. The molecule has 2 unspecified atom stereocenters. The van der Waals surface area contributed by atoms with Gasteiger partial charge in [0.25, 0.3) is 0 Å². The van der Waals surface area contributed by atoms with Crippen molar-refractivity contribution >= 4 is 0 Å². The van der Waals surface area contributed by atoms with Crippen LogP contribution >= 0.6 is 0 Å². The van der Waals surface area contributed by atoms with Crippen LogP contribution in [0.2, 0.25) is 0 Å². The zero-order chi connectivity index (χ0) is 15.1. The van der Waals surface area contributed by atoms with Gasteiger partial charge >= 0.3 is 0 Å². The number of ether oxygens (including phenoxy) is 2. The van der Waals surface area contributed by atoms with Crippen LogP contribution < -0.4 is 9.47 Å². The number of benzene rings is 1. The first kappa shape index (κ1) is 16.1. The molecule has 0 bridgehead atoms. The minimum absolute atomic E-state index is 0.200. The SMILES string of the molecule is CCCOc1ccc(OCCN2CCC(C)C(O)C2)cc1. The first-order valence-electron chi connectivity index (χ1n) is 7.95. The van der Waals surface area contributed by atoms with Crippen molar-refractivity contribution in [2.24, 2.45) is 5.92 Å². The number of likely N-dealkylation sites (tertiary alicyclic amines) is 1. The van der Waals surface area contributed by atoms with E-state index in [1.807, 2.05) is 24.3 Å². The molecule has 1 heterocycles. The molecule has 0 saturated carbocycles. The van der Waals surface area contributed by atoms with Crippen LogP contribution in [-0.4, -0.2) is 49.0 Å². The molecule has 1 aliphatic rings. The normalized spacial score (nSPS) is 23.0. The molecule has 118 valence electrons. The predicted octanol–water partition coefficient (Wildman–Crippen LogP) is 2.56. The Kier molecular flexibility index (Phi) is 6.33. The molecule has 0 amide bonds. The van der Waals surface area contributed by atoms with Crippen LogP contribution in [0.4, 0.5) is 0 Å². The summed E-state index contributed by atoms with van der Waals surface area (Å²) in [5.74, 6) is 2.17. The second-order valence-corrected chi connectivity index (χ2v) is 5.80. The van der Waals surface area contributed by atoms with Crippen molar-refractivity contribution in [3.8, 4) is 11.5 Å². The lowest BCUT2D eigenvalue weighted by Gasteiger charge is -2.34. The van der Waals surface area contributed by atoms with E-state index in [-0.39, 0.29) is 6.10 Å². The summed E-state index contributed by atoms with van der Waals surface area (Å²) in [6.45, 7) is 8.26. The van der Waals surface area contributed by atoms with Gasteiger partial charge in [-0.3, -0.25) is 4.90 Å². The first-order chi connectivity index (χ1) is 10.2. The molecule has 2 atom stereocenters. The molecule has 4 nitrogen and oxygen atoms in total. The molecule has 4 heteroatoms. The van der Waals surface area contributed by atoms with E-state index in [1.165, 1.54) is 0 Å². The highest BCUT2D eigenvalue weighted by molar-refractivity contribution is 5.31. The molecule has 0 aromatic heterocycles. The van der Waals surface area contributed by atoms with Crippen molar-refractivity contribution in [3.63, 3.8) is 0 Å². The van der Waals surface area contributed by atoms with Crippen LogP contribution in [0.25, 0.3) is 0 Å². The lowest BCUT2D eigenvalue weighted by atomic mass is 9.96. The Morgan fingerprint density at radius 2 is 1.76 bits per heavy atom. The Hall–Kier alpha value is -1.26. The third-order valence-corrected chi connectivity index (χ3v) is 3.98. The zero-order valence-corrected chi connectivity index (χ0v) is 13.1. The number of hydrogen-bond acceptors (Lipinski definition) is 4. The third kappa shape index (κ3) is 5.21. The summed E-state index contributed by atoms with van der Waals surface area (Å²) < 4.78 is 11.3. The summed E-state index contributed by atoms with van der Waals surface area (Å²) in [7, 11) is 0. The highest BCUT2D eigenvalue weighted by Crippen LogP contribution is 2.19. The monoisotopic (exact) mass is 293 g/mol. The van der Waals surface area contributed by atoms with Gasteiger partial charge in [0, 0.05) is 13.1 Å². The van der Waals surface area contributed by atoms with Gasteiger partial charge in [0.15, 0.2) is 0 Å². The average molecular weight is 293 g/mol. The van der Waals surface area contributed by atoms with E-state index in [0.717, 1.165) is 50.6 Å². The molecular weight excluding hydrogens is 266 g/mol. The molecule has 21 heavy (non-hydrogen) atoms. The van der Waals surface area contributed by atoms with Crippen molar-refractivity contribution in [3.05, 3.63) is 24.3 Å². The van der Waals surface area contributed by atoms with Gasteiger partial charge in [-0.15, -0.1) is 0 Å². The quantitative estimate of drug-likeness (QED) is 0.839. The molecule has 1 aromatic rings. The van der Waals surface area contributed by atoms with E-state index in [0.29, 0.717) is 12.5 Å². The Morgan fingerprint density at radius 3 is 2.33 bits per heavy atom. The summed E-state index contributed by atoms with van der Waals surface area (Å²) >= 11 is 0. The van der Waals surface area contributed by atoms with Crippen molar-refractivity contribution in [2.75, 3.05) is 32.8 Å². The molecular formula is C17H27NO3. The number of aliphatic hydroxyl groups excluding tert-OH is 1. The van der Waals surface area contributed by atoms with Crippen LogP contribution in [0.1, 0.15) is 26.7 Å². The Labute approximate surface area is 127 Å². The Balaban J connectivity index is 1.68.